The van der Waals surface area contributed by atoms with Crippen LogP contribution in [0.5, 0.6) is 5.75 Å². The molecule has 1 rings (SSSR count). The molecule has 1 radical (unpaired) electrons. The van der Waals surface area contributed by atoms with Gasteiger partial charge in [0.25, 0.3) is 6.47 Å². The Morgan fingerprint density at radius 3 is 1.90 bits per heavy atom. The maximum absolute atomic E-state index is 10.6. The van der Waals surface area contributed by atoms with Crippen molar-refractivity contribution in [2.75, 3.05) is 0 Å². The van der Waals surface area contributed by atoms with Gasteiger partial charge in [0.1, 0.15) is 5.75 Å². The van der Waals surface area contributed by atoms with E-state index in [0.717, 1.165) is 18.2 Å². The van der Waals surface area contributed by atoms with E-state index >= 15 is 0 Å². The average Bonchev–Trinajstić information content (AvgIpc) is 2.40. The molecule has 1 aromatic rings. The molecule has 0 saturated carbocycles. The van der Waals surface area contributed by atoms with Gasteiger partial charge in [0.05, 0.1) is 18.9 Å². The molecule has 0 aromatic heterocycles. The molecule has 1 aromatic carbocycles. The van der Waals surface area contributed by atoms with Crippen LogP contribution in [0.25, 0.3) is 0 Å². The summed E-state index contributed by atoms with van der Waals surface area (Å²) >= 11 is 0.00694. The third kappa shape index (κ3) is 8.82. The van der Waals surface area contributed by atoms with Crippen molar-refractivity contribution in [3.63, 3.8) is 0 Å². The van der Waals surface area contributed by atoms with E-state index in [0.29, 0.717) is 0 Å². The molecule has 0 aliphatic heterocycles. The molecule has 20 heavy (non-hydrogen) atoms. The van der Waals surface area contributed by atoms with E-state index in [1.54, 1.807) is 6.82 Å². The zero-order valence-electron chi connectivity index (χ0n) is 11.0. The molecular weight excluding hydrogens is 353 g/mol. The first-order chi connectivity index (χ1) is 9.87. The van der Waals surface area contributed by atoms with Crippen molar-refractivity contribution in [2.24, 2.45) is 0 Å². The summed E-state index contributed by atoms with van der Waals surface area (Å²) in [5, 5.41) is 17.3. The first-order valence-electron chi connectivity index (χ1n) is 5.20. The van der Waals surface area contributed by atoms with Gasteiger partial charge in [-0.05, 0) is 19.5 Å². The molecule has 0 aliphatic rings. The van der Waals surface area contributed by atoms with Crippen LogP contribution in [0, 0.1) is 0 Å². The Balaban J connectivity index is 0. The van der Waals surface area contributed by atoms with E-state index in [2.05, 4.69) is 4.74 Å². The standard InChI is InChI=1S/C9H6O6.CH4B.2ClH.Mn/c10-4-15-7-2-5(8(11)12)1-6(3-7)9(13)14;1-2;;;/h1-4H,(H,11,12)(H,13,14);2H,1H3;2*1H;/q;;;;+2/p-2/i;2T;;;. The minimum atomic E-state index is -1.30. The number of carbonyl (C=O) groups excluding carboxylic acids is 1. The summed E-state index contributed by atoms with van der Waals surface area (Å²) in [4.78, 5) is 31.2. The second-order valence-electron chi connectivity index (χ2n) is 2.62. The number of benzene rings is 1. The molecule has 0 atom stereocenters. The quantitative estimate of drug-likeness (QED) is 0.625. The van der Waals surface area contributed by atoms with E-state index in [1.807, 2.05) is 0 Å². The van der Waals surface area contributed by atoms with Gasteiger partial charge in [0.2, 0.25) is 0 Å². The van der Waals surface area contributed by atoms with Crippen molar-refractivity contribution in [1.82, 2.24) is 0 Å². The van der Waals surface area contributed by atoms with Gasteiger partial charge in [0, 0.05) is 0 Å². The molecule has 0 heterocycles. The van der Waals surface area contributed by atoms with E-state index < -0.39 is 11.9 Å². The van der Waals surface area contributed by atoms with E-state index in [-0.39, 0.29) is 36.5 Å². The normalized spacial score (nSPS) is 8.65. The number of carboxylic acid groups (broad SMARTS) is 2. The summed E-state index contributed by atoms with van der Waals surface area (Å²) in [6, 6.07) is 3.09. The summed E-state index contributed by atoms with van der Waals surface area (Å²) in [6.45, 7) is 1.76. The Morgan fingerprint density at radius 1 is 1.30 bits per heavy atom. The van der Waals surface area contributed by atoms with Crippen LogP contribution in [-0.4, -0.2) is 37.8 Å². The Bertz CT molecular complexity index is 443. The van der Waals surface area contributed by atoms with Crippen LogP contribution in [-0.2, 0) is 17.9 Å². The molecule has 0 fully saturated rings. The minimum absolute atomic E-state index is 0.00694. The summed E-state index contributed by atoms with van der Waals surface area (Å²) in [7, 11) is 10.8. The van der Waals surface area contributed by atoms with Crippen LogP contribution in [0.4, 0.5) is 0 Å². The second-order valence-corrected chi connectivity index (χ2v) is 4.57. The Hall–Kier alpha value is -1.21. The Morgan fingerprint density at radius 2 is 1.65 bits per heavy atom. The number of rotatable bonds is 4. The fourth-order valence-electron chi connectivity index (χ4n) is 0.970. The first kappa shape index (κ1) is 18.8. The van der Waals surface area contributed by atoms with Crippen molar-refractivity contribution in [1.29, 1.82) is 1.34 Å². The van der Waals surface area contributed by atoms with Crippen molar-refractivity contribution in [3.8, 4) is 5.75 Å². The fraction of sp³-hybridized carbons (Fsp3) is 0.100. The Labute approximate surface area is 132 Å². The summed E-state index contributed by atoms with van der Waals surface area (Å²) in [5.41, 5.74) is -0.515. The van der Waals surface area contributed by atoms with Crippen molar-refractivity contribution in [3.05, 3.63) is 29.3 Å². The molecule has 0 bridgehead atoms. The molecule has 0 amide bonds. The van der Waals surface area contributed by atoms with Crippen LogP contribution >= 0.6 is 20.2 Å². The van der Waals surface area contributed by atoms with Gasteiger partial charge >= 0.3 is 45.3 Å². The fourth-order valence-corrected chi connectivity index (χ4v) is 0.970. The van der Waals surface area contributed by atoms with Crippen LogP contribution in [0.3, 0.4) is 0 Å². The van der Waals surface area contributed by atoms with Gasteiger partial charge in [-0.25, -0.2) is 9.59 Å². The van der Waals surface area contributed by atoms with Crippen LogP contribution < -0.4 is 4.74 Å². The molecule has 110 valence electrons. The average molecular weight is 365 g/mol. The number of aromatic carboxylic acids is 2. The van der Waals surface area contributed by atoms with Gasteiger partial charge in [0.15, 0.2) is 0 Å². The third-order valence-corrected chi connectivity index (χ3v) is 1.58. The zero-order chi connectivity index (χ0) is 16.8. The van der Waals surface area contributed by atoms with Crippen LogP contribution in [0.1, 0.15) is 20.7 Å². The van der Waals surface area contributed by atoms with E-state index in [4.69, 9.17) is 31.7 Å². The number of halogens is 2. The summed E-state index contributed by atoms with van der Waals surface area (Å²) in [6.07, 6.45) is 0. The van der Waals surface area contributed by atoms with Crippen LogP contribution in [0.15, 0.2) is 18.2 Å². The van der Waals surface area contributed by atoms with Crippen molar-refractivity contribution in [2.45, 2.75) is 6.82 Å². The number of hydrogen-bond donors (Lipinski definition) is 2. The molecule has 10 heteroatoms. The van der Waals surface area contributed by atoms with E-state index in [9.17, 15) is 14.4 Å². The molecule has 0 unspecified atom stereocenters. The summed E-state index contributed by atoms with van der Waals surface area (Å²) in [5.74, 6) is -2.72. The van der Waals surface area contributed by atoms with Gasteiger partial charge in [-0.15, -0.1) is 0 Å². The number of ether oxygens (including phenoxy) is 1. The second kappa shape index (κ2) is 12.8. The third-order valence-electron chi connectivity index (χ3n) is 1.58. The molecule has 0 spiro atoms. The van der Waals surface area contributed by atoms with Gasteiger partial charge < -0.3 is 14.9 Å². The van der Waals surface area contributed by atoms with Crippen molar-refractivity contribution >= 4 is 46.4 Å². The molecule has 6 nitrogen and oxygen atoms in total. The monoisotopic (exact) mass is 364 g/mol. The van der Waals surface area contributed by atoms with Gasteiger partial charge in [-0.1, -0.05) is 6.82 Å². The molecule has 0 saturated heterocycles. The van der Waals surface area contributed by atoms with Gasteiger partial charge in [-0.2, -0.15) is 0 Å². The maximum atomic E-state index is 10.6. The Kier molecular flexibility index (Phi) is 12.0. The van der Waals surface area contributed by atoms with E-state index in [1.165, 1.54) is 7.81 Å². The molecule has 2 N–H and O–H groups in total. The topological polar surface area (TPSA) is 101 Å². The number of hydrogen-bond acceptors (Lipinski definition) is 4. The molecular formula is C10H10BCl2MnO6. The molecule has 0 aliphatic carbocycles. The van der Waals surface area contributed by atoms with Crippen LogP contribution in [0.2, 0.25) is 6.82 Å². The zero-order valence-corrected chi connectivity index (χ0v) is 12.7. The van der Waals surface area contributed by atoms with Crippen molar-refractivity contribution < 1.29 is 42.5 Å². The first-order valence-corrected chi connectivity index (χ1v) is 7.87. The SMILES string of the molecule is O=COc1cc(C(=O)O)cc(C(=O)O)c1.[3H][B]C.[Cl][Mn][Cl]. The number of carbonyl (C=O) groups is 3. The predicted molar refractivity (Wildman–Crippen MR) is 71.8 cm³/mol. The summed E-state index contributed by atoms with van der Waals surface area (Å²) < 4.78 is 10.5. The predicted octanol–water partition coefficient (Wildman–Crippen LogP) is 1.93. The number of carboxylic acids is 2. The van der Waals surface area contributed by atoms with Gasteiger partial charge in [-0.3, -0.25) is 4.79 Å².